The van der Waals surface area contributed by atoms with E-state index in [0.717, 1.165) is 5.39 Å². The fraction of sp³-hybridized carbons (Fsp3) is 0.0714. The van der Waals surface area contributed by atoms with E-state index in [4.69, 9.17) is 8.83 Å². The third-order valence-electron chi connectivity index (χ3n) is 3.37. The molecule has 0 spiro atoms. The molecule has 0 fully saturated rings. The number of furan rings is 1. The SMILES string of the molecule is Cc1nc2cc3oc4ccc(S(O)(O)O)cc4c3cc2o1. The van der Waals surface area contributed by atoms with Crippen LogP contribution in [0.1, 0.15) is 5.89 Å². The summed E-state index contributed by atoms with van der Waals surface area (Å²) in [6, 6.07) is 8.09. The van der Waals surface area contributed by atoms with Crippen LogP contribution in [0.15, 0.2) is 44.1 Å². The Balaban J connectivity index is 2.10. The molecule has 4 rings (SSSR count). The predicted octanol–water partition coefficient (Wildman–Crippen LogP) is 4.62. The summed E-state index contributed by atoms with van der Waals surface area (Å²) in [6.07, 6.45) is 0. The number of oxazole rings is 1. The van der Waals surface area contributed by atoms with Crippen LogP contribution in [0.3, 0.4) is 0 Å². The molecule has 21 heavy (non-hydrogen) atoms. The van der Waals surface area contributed by atoms with E-state index in [0.29, 0.717) is 33.5 Å². The average Bonchev–Trinajstić information content (AvgIpc) is 2.92. The van der Waals surface area contributed by atoms with Gasteiger partial charge in [0.15, 0.2) is 11.5 Å². The Kier molecular flexibility index (Phi) is 2.40. The summed E-state index contributed by atoms with van der Waals surface area (Å²) < 4.78 is 39.3. The van der Waals surface area contributed by atoms with E-state index >= 15 is 0 Å². The standard InChI is InChI=1S/C14H11NO5S/c1-7-15-11-6-13-10(5-14(11)19-7)9-4-8(21(16,17)18)2-3-12(9)20-13/h2-6,16-18H,1H3. The molecule has 0 aliphatic heterocycles. The number of hydrogen-bond donors (Lipinski definition) is 3. The molecule has 0 unspecified atom stereocenters. The first kappa shape index (κ1) is 12.7. The number of nitrogens with zero attached hydrogens (tertiary/aromatic N) is 1. The Bertz CT molecular complexity index is 995. The Hall–Kier alpha value is -2.06. The summed E-state index contributed by atoms with van der Waals surface area (Å²) in [5.74, 6) is 0.562. The number of aromatic nitrogens is 1. The minimum absolute atomic E-state index is 0.0477. The van der Waals surface area contributed by atoms with Gasteiger partial charge in [0.25, 0.3) is 0 Å². The van der Waals surface area contributed by atoms with Crippen molar-refractivity contribution in [3.05, 3.63) is 36.2 Å². The first-order valence-electron chi connectivity index (χ1n) is 6.16. The summed E-state index contributed by atoms with van der Waals surface area (Å²) in [5.41, 5.74) is 2.54. The summed E-state index contributed by atoms with van der Waals surface area (Å²) in [4.78, 5) is 4.30. The molecule has 7 heteroatoms. The van der Waals surface area contributed by atoms with Crippen molar-refractivity contribution < 1.29 is 22.5 Å². The second-order valence-corrected chi connectivity index (χ2v) is 6.34. The van der Waals surface area contributed by atoms with Crippen molar-refractivity contribution in [1.29, 1.82) is 0 Å². The van der Waals surface area contributed by atoms with Crippen molar-refractivity contribution in [1.82, 2.24) is 4.98 Å². The Labute approximate surface area is 120 Å². The smallest absolute Gasteiger partial charge is 0.192 e. The maximum Gasteiger partial charge on any atom is 0.192 e. The van der Waals surface area contributed by atoms with E-state index in [1.807, 2.05) is 0 Å². The highest BCUT2D eigenvalue weighted by molar-refractivity contribution is 8.19. The van der Waals surface area contributed by atoms with Gasteiger partial charge in [-0.05, 0) is 24.3 Å². The van der Waals surface area contributed by atoms with Gasteiger partial charge in [-0.15, -0.1) is 0 Å². The molecule has 2 aromatic carbocycles. The third-order valence-corrected chi connectivity index (χ3v) is 4.26. The van der Waals surface area contributed by atoms with Crippen molar-refractivity contribution in [2.75, 3.05) is 0 Å². The van der Waals surface area contributed by atoms with E-state index in [2.05, 4.69) is 4.98 Å². The number of fused-ring (bicyclic) bond motifs is 4. The second kappa shape index (κ2) is 3.99. The quantitative estimate of drug-likeness (QED) is 0.474. The van der Waals surface area contributed by atoms with Gasteiger partial charge in [-0.2, -0.15) is 0 Å². The zero-order valence-electron chi connectivity index (χ0n) is 10.9. The lowest BCUT2D eigenvalue weighted by Crippen LogP contribution is -1.94. The molecule has 108 valence electrons. The summed E-state index contributed by atoms with van der Waals surface area (Å²) in [7, 11) is -3.76. The van der Waals surface area contributed by atoms with Crippen molar-refractivity contribution >= 4 is 43.9 Å². The van der Waals surface area contributed by atoms with Crippen molar-refractivity contribution in [3.8, 4) is 0 Å². The maximum atomic E-state index is 9.37. The van der Waals surface area contributed by atoms with Gasteiger partial charge in [0, 0.05) is 23.8 Å². The Morgan fingerprint density at radius 1 is 0.905 bits per heavy atom. The van der Waals surface area contributed by atoms with Crippen molar-refractivity contribution in [2.24, 2.45) is 0 Å². The van der Waals surface area contributed by atoms with E-state index in [1.54, 1.807) is 25.1 Å². The molecule has 0 atom stereocenters. The average molecular weight is 305 g/mol. The van der Waals surface area contributed by atoms with Gasteiger partial charge in [-0.3, -0.25) is 0 Å². The molecular weight excluding hydrogens is 294 g/mol. The van der Waals surface area contributed by atoms with E-state index in [9.17, 15) is 13.7 Å². The minimum Gasteiger partial charge on any atom is -0.456 e. The van der Waals surface area contributed by atoms with Crippen molar-refractivity contribution in [3.63, 3.8) is 0 Å². The molecule has 0 radical (unpaired) electrons. The molecule has 6 nitrogen and oxygen atoms in total. The van der Waals surface area contributed by atoms with E-state index < -0.39 is 10.9 Å². The molecule has 0 aliphatic rings. The lowest BCUT2D eigenvalue weighted by molar-refractivity contribution is 0.376. The van der Waals surface area contributed by atoms with Crippen LogP contribution in [0.2, 0.25) is 0 Å². The minimum atomic E-state index is -3.76. The molecule has 0 saturated heterocycles. The zero-order chi connectivity index (χ0) is 14.8. The molecule has 0 saturated carbocycles. The molecule has 0 bridgehead atoms. The van der Waals surface area contributed by atoms with Gasteiger partial charge in [-0.25, -0.2) is 4.98 Å². The van der Waals surface area contributed by atoms with Gasteiger partial charge in [0.1, 0.15) is 27.6 Å². The Morgan fingerprint density at radius 3 is 2.43 bits per heavy atom. The first-order chi connectivity index (χ1) is 9.91. The molecular formula is C14H11NO5S. The van der Waals surface area contributed by atoms with Gasteiger partial charge in [0.05, 0.1) is 4.90 Å². The highest BCUT2D eigenvalue weighted by Gasteiger charge is 2.18. The number of aryl methyl sites for hydroxylation is 1. The normalized spacial score (nSPS) is 13.5. The Morgan fingerprint density at radius 2 is 1.67 bits per heavy atom. The number of hydrogen-bond acceptors (Lipinski definition) is 6. The third kappa shape index (κ3) is 1.90. The van der Waals surface area contributed by atoms with Gasteiger partial charge >= 0.3 is 0 Å². The number of rotatable bonds is 1. The second-order valence-electron chi connectivity index (χ2n) is 4.83. The summed E-state index contributed by atoms with van der Waals surface area (Å²) >= 11 is 0. The topological polar surface area (TPSA) is 99.9 Å². The van der Waals surface area contributed by atoms with Gasteiger partial charge in [0.2, 0.25) is 0 Å². The van der Waals surface area contributed by atoms with Crippen molar-refractivity contribution in [2.45, 2.75) is 11.8 Å². The van der Waals surface area contributed by atoms with Gasteiger partial charge in [-0.1, -0.05) is 0 Å². The highest BCUT2D eigenvalue weighted by Crippen LogP contribution is 2.45. The van der Waals surface area contributed by atoms with E-state index in [1.165, 1.54) is 12.1 Å². The lowest BCUT2D eigenvalue weighted by Gasteiger charge is -2.18. The first-order valence-corrected chi connectivity index (χ1v) is 7.66. The van der Waals surface area contributed by atoms with E-state index in [-0.39, 0.29) is 4.90 Å². The maximum absolute atomic E-state index is 9.37. The van der Waals surface area contributed by atoms with Crippen LogP contribution in [0.5, 0.6) is 0 Å². The molecule has 3 N–H and O–H groups in total. The lowest BCUT2D eigenvalue weighted by atomic mass is 10.1. The van der Waals surface area contributed by atoms with Crippen LogP contribution in [-0.2, 0) is 0 Å². The van der Waals surface area contributed by atoms with Crippen LogP contribution in [0, 0.1) is 6.92 Å². The van der Waals surface area contributed by atoms with Crippen LogP contribution >= 0.6 is 10.9 Å². The molecule has 0 amide bonds. The molecule has 0 aliphatic carbocycles. The monoisotopic (exact) mass is 305 g/mol. The highest BCUT2D eigenvalue weighted by atomic mass is 32.3. The van der Waals surface area contributed by atoms with Crippen LogP contribution in [0.4, 0.5) is 0 Å². The molecule has 4 aromatic rings. The van der Waals surface area contributed by atoms with Crippen LogP contribution in [-0.4, -0.2) is 18.6 Å². The zero-order valence-corrected chi connectivity index (χ0v) is 11.7. The molecule has 2 heterocycles. The van der Waals surface area contributed by atoms with Gasteiger partial charge < -0.3 is 22.5 Å². The number of benzene rings is 2. The van der Waals surface area contributed by atoms with Crippen LogP contribution in [0.25, 0.3) is 33.0 Å². The van der Waals surface area contributed by atoms with Crippen LogP contribution < -0.4 is 0 Å². The fourth-order valence-corrected chi connectivity index (χ4v) is 2.99. The summed E-state index contributed by atoms with van der Waals surface area (Å²) in [6.45, 7) is 1.76. The summed E-state index contributed by atoms with van der Waals surface area (Å²) in [5, 5.41) is 1.44. The predicted molar refractivity (Wildman–Crippen MR) is 79.8 cm³/mol. The largest absolute Gasteiger partial charge is 0.456 e. The molecule has 2 aromatic heterocycles. The fourth-order valence-electron chi connectivity index (χ4n) is 2.46.